The Morgan fingerprint density at radius 2 is 2.18 bits per heavy atom. The molecule has 0 fully saturated rings. The second kappa shape index (κ2) is 4.27. The molecule has 0 amide bonds. The van der Waals surface area contributed by atoms with Crippen LogP contribution < -0.4 is 0 Å². The van der Waals surface area contributed by atoms with Gasteiger partial charge in [-0.3, -0.25) is 4.68 Å². The fourth-order valence-corrected chi connectivity index (χ4v) is 3.64. The van der Waals surface area contributed by atoms with Crippen molar-refractivity contribution in [2.24, 2.45) is 13.0 Å². The van der Waals surface area contributed by atoms with E-state index >= 15 is 0 Å². The van der Waals surface area contributed by atoms with Gasteiger partial charge in [0.05, 0.1) is 0 Å². The molecule has 0 aliphatic carbocycles. The van der Waals surface area contributed by atoms with Crippen LogP contribution in [-0.2, 0) is 17.1 Å². The lowest BCUT2D eigenvalue weighted by atomic mass is 10.1. The van der Waals surface area contributed by atoms with Crippen LogP contribution in [0.2, 0.25) is 0 Å². The van der Waals surface area contributed by atoms with Crippen LogP contribution >= 0.6 is 0 Å². The van der Waals surface area contributed by atoms with Gasteiger partial charge in [0.1, 0.15) is 0 Å². The minimum Gasteiger partial charge on any atom is -0.274 e. The molecule has 6 heteroatoms. The Kier molecular flexibility index (Phi) is 3.09. The van der Waals surface area contributed by atoms with E-state index in [1.807, 2.05) is 13.8 Å². The van der Waals surface area contributed by atoms with Gasteiger partial charge >= 0.3 is 0 Å². The van der Waals surface area contributed by atoms with E-state index in [9.17, 15) is 8.42 Å². The van der Waals surface area contributed by atoms with Crippen LogP contribution in [0.5, 0.6) is 0 Å². The Morgan fingerprint density at radius 1 is 1.47 bits per heavy atom. The minimum absolute atomic E-state index is 0.127. The lowest BCUT2D eigenvalue weighted by Gasteiger charge is -2.28. The Morgan fingerprint density at radius 3 is 2.71 bits per heavy atom. The van der Waals surface area contributed by atoms with Crippen molar-refractivity contribution >= 4 is 10.0 Å². The molecule has 0 N–H and O–H groups in total. The monoisotopic (exact) mass is 255 g/mol. The smallest absolute Gasteiger partial charge is 0.262 e. The van der Waals surface area contributed by atoms with Crippen molar-refractivity contribution in [3.63, 3.8) is 0 Å². The molecule has 0 saturated carbocycles. The maximum absolute atomic E-state index is 12.3. The normalized spacial score (nSPS) is 22.5. The summed E-state index contributed by atoms with van der Waals surface area (Å²) >= 11 is 0. The van der Waals surface area contributed by atoms with Crippen LogP contribution in [-0.4, -0.2) is 35.6 Å². The number of hydrogen-bond donors (Lipinski definition) is 0. The summed E-state index contributed by atoms with van der Waals surface area (Å²) in [5.41, 5.74) is 1.09. The van der Waals surface area contributed by atoms with E-state index in [2.05, 4.69) is 11.2 Å². The number of aromatic nitrogens is 2. The first kappa shape index (κ1) is 12.3. The molecule has 94 valence electrons. The van der Waals surface area contributed by atoms with E-state index in [-0.39, 0.29) is 10.9 Å². The standard InChI is InChI=1S/C11H17N3O2S/c1-9-6-10(2)8-14(7-9)17(15,16)11-4-5-13(3)12-11/h4-6,9H,7-8H2,1-3H3. The minimum atomic E-state index is -3.45. The maximum atomic E-state index is 12.3. The molecule has 1 aliphatic rings. The largest absolute Gasteiger partial charge is 0.274 e. The highest BCUT2D eigenvalue weighted by Crippen LogP contribution is 2.21. The molecule has 2 rings (SSSR count). The number of nitrogens with zero attached hydrogens (tertiary/aromatic N) is 3. The molecule has 1 aliphatic heterocycles. The van der Waals surface area contributed by atoms with Gasteiger partial charge in [0.15, 0.2) is 5.03 Å². The predicted octanol–water partition coefficient (Wildman–Crippen LogP) is 1.01. The number of aryl methyl sites for hydroxylation is 1. The molecule has 1 unspecified atom stereocenters. The molecule has 1 aromatic heterocycles. The zero-order valence-corrected chi connectivity index (χ0v) is 11.1. The quantitative estimate of drug-likeness (QED) is 0.741. The van der Waals surface area contributed by atoms with Gasteiger partial charge in [0.2, 0.25) is 0 Å². The lowest BCUT2D eigenvalue weighted by Crippen LogP contribution is -2.38. The van der Waals surface area contributed by atoms with E-state index in [4.69, 9.17) is 0 Å². The van der Waals surface area contributed by atoms with Crippen LogP contribution in [0.25, 0.3) is 0 Å². The van der Waals surface area contributed by atoms with Crippen molar-refractivity contribution in [3.05, 3.63) is 23.9 Å². The van der Waals surface area contributed by atoms with Crippen LogP contribution in [0.4, 0.5) is 0 Å². The predicted molar refractivity (Wildman–Crippen MR) is 64.9 cm³/mol. The van der Waals surface area contributed by atoms with Crippen molar-refractivity contribution in [1.29, 1.82) is 0 Å². The van der Waals surface area contributed by atoms with Gasteiger partial charge in [-0.25, -0.2) is 8.42 Å². The number of sulfonamides is 1. The third kappa shape index (κ3) is 2.42. The third-order valence-electron chi connectivity index (χ3n) is 2.78. The van der Waals surface area contributed by atoms with Crippen LogP contribution in [0.1, 0.15) is 13.8 Å². The first-order valence-corrected chi connectivity index (χ1v) is 7.00. The van der Waals surface area contributed by atoms with Gasteiger partial charge in [0.25, 0.3) is 10.0 Å². The van der Waals surface area contributed by atoms with Gasteiger partial charge in [-0.05, 0) is 18.9 Å². The van der Waals surface area contributed by atoms with E-state index < -0.39 is 10.0 Å². The van der Waals surface area contributed by atoms with E-state index in [0.29, 0.717) is 13.1 Å². The average molecular weight is 255 g/mol. The second-order valence-electron chi connectivity index (χ2n) is 4.62. The number of rotatable bonds is 2. The van der Waals surface area contributed by atoms with Crippen molar-refractivity contribution in [3.8, 4) is 0 Å². The summed E-state index contributed by atoms with van der Waals surface area (Å²) in [7, 11) is -1.74. The molecule has 0 spiro atoms. The van der Waals surface area contributed by atoms with Gasteiger partial charge < -0.3 is 0 Å². The van der Waals surface area contributed by atoms with Gasteiger partial charge in [-0.1, -0.05) is 18.6 Å². The first-order chi connectivity index (χ1) is 7.89. The van der Waals surface area contributed by atoms with Crippen molar-refractivity contribution in [1.82, 2.24) is 14.1 Å². The Labute approximate surface area is 102 Å². The first-order valence-electron chi connectivity index (χ1n) is 5.56. The summed E-state index contributed by atoms with van der Waals surface area (Å²) in [4.78, 5) is 0. The highest BCUT2D eigenvalue weighted by Gasteiger charge is 2.29. The molecule has 1 aromatic rings. The summed E-state index contributed by atoms with van der Waals surface area (Å²) in [5, 5.41) is 4.10. The Hall–Kier alpha value is -1.14. The SMILES string of the molecule is CC1=CC(C)CN(S(=O)(=O)c2ccn(C)n2)C1. The maximum Gasteiger partial charge on any atom is 0.262 e. The zero-order chi connectivity index (χ0) is 12.6. The van der Waals surface area contributed by atoms with Gasteiger partial charge in [-0.15, -0.1) is 0 Å². The molecule has 2 heterocycles. The summed E-state index contributed by atoms with van der Waals surface area (Å²) in [6.07, 6.45) is 3.76. The Bertz CT molecular complexity index is 545. The third-order valence-corrected chi connectivity index (χ3v) is 4.48. The molecule has 5 nitrogen and oxygen atoms in total. The van der Waals surface area contributed by atoms with Crippen LogP contribution in [0.15, 0.2) is 28.9 Å². The summed E-state index contributed by atoms with van der Waals surface area (Å²) in [5.74, 6) is 0.252. The molecule has 0 aromatic carbocycles. The average Bonchev–Trinajstić information content (AvgIpc) is 2.64. The second-order valence-corrected chi connectivity index (χ2v) is 6.50. The van der Waals surface area contributed by atoms with Gasteiger partial charge in [0, 0.05) is 26.3 Å². The van der Waals surface area contributed by atoms with Crippen LogP contribution in [0, 0.1) is 5.92 Å². The zero-order valence-electron chi connectivity index (χ0n) is 10.3. The van der Waals surface area contributed by atoms with Crippen molar-refractivity contribution in [2.45, 2.75) is 18.9 Å². The molecule has 1 atom stereocenters. The molecule has 0 radical (unpaired) electrons. The number of hydrogen-bond acceptors (Lipinski definition) is 3. The van der Waals surface area contributed by atoms with Crippen LogP contribution in [0.3, 0.4) is 0 Å². The van der Waals surface area contributed by atoms with Crippen molar-refractivity contribution in [2.75, 3.05) is 13.1 Å². The molecule has 0 bridgehead atoms. The highest BCUT2D eigenvalue weighted by atomic mass is 32.2. The topological polar surface area (TPSA) is 55.2 Å². The molecular formula is C11H17N3O2S. The summed E-state index contributed by atoms with van der Waals surface area (Å²) in [6.45, 7) is 4.96. The lowest BCUT2D eigenvalue weighted by molar-refractivity contribution is 0.382. The summed E-state index contributed by atoms with van der Waals surface area (Å²) < 4.78 is 27.6. The highest BCUT2D eigenvalue weighted by molar-refractivity contribution is 7.89. The molecular weight excluding hydrogens is 238 g/mol. The van der Waals surface area contributed by atoms with Gasteiger partial charge in [-0.2, -0.15) is 9.40 Å². The van der Waals surface area contributed by atoms with E-state index in [0.717, 1.165) is 5.57 Å². The molecule has 17 heavy (non-hydrogen) atoms. The fraction of sp³-hybridized carbons (Fsp3) is 0.545. The van der Waals surface area contributed by atoms with Crippen molar-refractivity contribution < 1.29 is 8.42 Å². The fourth-order valence-electron chi connectivity index (χ4n) is 2.10. The van der Waals surface area contributed by atoms with E-state index in [1.165, 1.54) is 15.1 Å². The molecule has 0 saturated heterocycles. The van der Waals surface area contributed by atoms with E-state index in [1.54, 1.807) is 13.2 Å². The Balaban J connectivity index is 2.31. The summed E-state index contributed by atoms with van der Waals surface area (Å²) in [6, 6.07) is 1.54.